The van der Waals surface area contributed by atoms with Crippen molar-refractivity contribution in [1.29, 1.82) is 0 Å². The van der Waals surface area contributed by atoms with Crippen LogP contribution in [0.5, 0.6) is 0 Å². The molecule has 20 heavy (non-hydrogen) atoms. The van der Waals surface area contributed by atoms with Gasteiger partial charge in [0.05, 0.1) is 0 Å². The first-order chi connectivity index (χ1) is 9.66. The summed E-state index contributed by atoms with van der Waals surface area (Å²) in [5.41, 5.74) is 10.1. The van der Waals surface area contributed by atoms with Gasteiger partial charge in [-0.2, -0.15) is 0 Å². The topological polar surface area (TPSA) is 38.0 Å². The van der Waals surface area contributed by atoms with Gasteiger partial charge in [-0.25, -0.2) is 0 Å². The monoisotopic (exact) mass is 330 g/mol. The second kappa shape index (κ2) is 5.68. The molecule has 1 aliphatic rings. The van der Waals surface area contributed by atoms with Crippen LogP contribution in [0.25, 0.3) is 0 Å². The van der Waals surface area contributed by atoms with Gasteiger partial charge in [0.15, 0.2) is 0 Å². The predicted molar refractivity (Wildman–Crippen MR) is 86.4 cm³/mol. The molecule has 2 aromatic carbocycles. The summed E-state index contributed by atoms with van der Waals surface area (Å²) >= 11 is 3.63. The van der Waals surface area contributed by atoms with Crippen molar-refractivity contribution in [2.75, 3.05) is 0 Å². The highest BCUT2D eigenvalue weighted by Gasteiger charge is 2.29. The van der Waals surface area contributed by atoms with Gasteiger partial charge in [0.1, 0.15) is 0 Å². The van der Waals surface area contributed by atoms with E-state index in [1.165, 1.54) is 16.7 Å². The molecule has 0 saturated carbocycles. The molecule has 1 aliphatic carbocycles. The molecule has 2 unspecified atom stereocenters. The van der Waals surface area contributed by atoms with Gasteiger partial charge in [0, 0.05) is 22.6 Å². The zero-order valence-corrected chi connectivity index (χ0v) is 13.1. The smallest absolute Gasteiger partial charge is 0.0347 e. The molecule has 2 aromatic rings. The predicted octanol–water partition coefficient (Wildman–Crippen LogP) is 4.24. The van der Waals surface area contributed by atoms with Gasteiger partial charge < -0.3 is 11.1 Å². The van der Waals surface area contributed by atoms with Gasteiger partial charge in [-0.15, -0.1) is 0 Å². The SMILES string of the molecule is C[C@@H](NC1CC(N)c2ccccc21)c1ccccc1Br. The van der Waals surface area contributed by atoms with Crippen molar-refractivity contribution < 1.29 is 0 Å². The molecule has 0 heterocycles. The van der Waals surface area contributed by atoms with E-state index in [2.05, 4.69) is 70.6 Å². The lowest BCUT2D eigenvalue weighted by Crippen LogP contribution is -2.23. The van der Waals surface area contributed by atoms with Crippen LogP contribution in [0.3, 0.4) is 0 Å². The molecule has 2 nitrogen and oxygen atoms in total. The van der Waals surface area contributed by atoms with Crippen LogP contribution in [-0.2, 0) is 0 Å². The summed E-state index contributed by atoms with van der Waals surface area (Å²) in [5.74, 6) is 0. The van der Waals surface area contributed by atoms with Gasteiger partial charge in [-0.3, -0.25) is 0 Å². The maximum Gasteiger partial charge on any atom is 0.0347 e. The molecule has 3 heteroatoms. The summed E-state index contributed by atoms with van der Waals surface area (Å²) in [6.45, 7) is 2.20. The van der Waals surface area contributed by atoms with Crippen LogP contribution in [0.4, 0.5) is 0 Å². The van der Waals surface area contributed by atoms with Crippen LogP contribution >= 0.6 is 15.9 Å². The van der Waals surface area contributed by atoms with Crippen molar-refractivity contribution in [1.82, 2.24) is 5.32 Å². The fraction of sp³-hybridized carbons (Fsp3) is 0.294. The highest BCUT2D eigenvalue weighted by molar-refractivity contribution is 9.10. The number of rotatable bonds is 3. The molecular formula is C17H19BrN2. The quantitative estimate of drug-likeness (QED) is 0.883. The molecular weight excluding hydrogens is 312 g/mol. The first-order valence-electron chi connectivity index (χ1n) is 7.01. The van der Waals surface area contributed by atoms with Gasteiger partial charge in [0.2, 0.25) is 0 Å². The van der Waals surface area contributed by atoms with E-state index in [-0.39, 0.29) is 12.1 Å². The van der Waals surface area contributed by atoms with Gasteiger partial charge in [-0.1, -0.05) is 58.4 Å². The minimum Gasteiger partial charge on any atom is -0.324 e. The molecule has 0 radical (unpaired) electrons. The van der Waals surface area contributed by atoms with Crippen LogP contribution in [0.1, 0.15) is 48.2 Å². The van der Waals surface area contributed by atoms with Gasteiger partial charge >= 0.3 is 0 Å². The second-order valence-electron chi connectivity index (χ2n) is 5.43. The van der Waals surface area contributed by atoms with Crippen molar-refractivity contribution in [3.05, 3.63) is 69.7 Å². The Balaban J connectivity index is 1.81. The Hall–Kier alpha value is -1.16. The van der Waals surface area contributed by atoms with Gasteiger partial charge in [-0.05, 0) is 36.1 Å². The van der Waals surface area contributed by atoms with Crippen LogP contribution in [0.15, 0.2) is 53.0 Å². The maximum absolute atomic E-state index is 6.23. The van der Waals surface area contributed by atoms with Gasteiger partial charge in [0.25, 0.3) is 0 Å². The maximum atomic E-state index is 6.23. The van der Waals surface area contributed by atoms with Crippen molar-refractivity contribution >= 4 is 15.9 Å². The van der Waals surface area contributed by atoms with E-state index in [0.717, 1.165) is 10.9 Å². The lowest BCUT2D eigenvalue weighted by Gasteiger charge is -2.21. The summed E-state index contributed by atoms with van der Waals surface area (Å²) in [6.07, 6.45) is 0.966. The zero-order chi connectivity index (χ0) is 14.1. The highest BCUT2D eigenvalue weighted by atomic mass is 79.9. The Kier molecular flexibility index (Phi) is 3.92. The van der Waals surface area contributed by atoms with Crippen molar-refractivity contribution in [2.45, 2.75) is 31.5 Å². The normalized spacial score (nSPS) is 22.6. The first-order valence-corrected chi connectivity index (χ1v) is 7.81. The fourth-order valence-corrected chi connectivity index (χ4v) is 3.68. The number of hydrogen-bond donors (Lipinski definition) is 2. The Bertz CT molecular complexity index is 611. The molecule has 104 valence electrons. The average Bonchev–Trinajstić information content (AvgIpc) is 2.76. The highest BCUT2D eigenvalue weighted by Crippen LogP contribution is 2.38. The van der Waals surface area contributed by atoms with E-state index in [1.54, 1.807) is 0 Å². The third kappa shape index (κ3) is 2.53. The molecule has 0 aliphatic heterocycles. The summed E-state index contributed by atoms with van der Waals surface area (Å²) < 4.78 is 1.15. The number of hydrogen-bond acceptors (Lipinski definition) is 2. The largest absolute Gasteiger partial charge is 0.324 e. The van der Waals surface area contributed by atoms with Crippen LogP contribution < -0.4 is 11.1 Å². The Labute approximate surface area is 128 Å². The molecule has 0 amide bonds. The fourth-order valence-electron chi connectivity index (χ4n) is 3.05. The zero-order valence-electron chi connectivity index (χ0n) is 11.5. The van der Waals surface area contributed by atoms with Crippen molar-refractivity contribution in [3.63, 3.8) is 0 Å². The average molecular weight is 331 g/mol. The summed E-state index contributed by atoms with van der Waals surface area (Å²) in [4.78, 5) is 0. The Morgan fingerprint density at radius 2 is 1.75 bits per heavy atom. The number of nitrogens with one attached hydrogen (secondary N) is 1. The lowest BCUT2D eigenvalue weighted by atomic mass is 10.0. The van der Waals surface area contributed by atoms with E-state index in [1.807, 2.05) is 6.07 Å². The number of fused-ring (bicyclic) bond motifs is 1. The summed E-state index contributed by atoms with van der Waals surface area (Å²) in [7, 11) is 0. The number of halogens is 1. The second-order valence-corrected chi connectivity index (χ2v) is 6.29. The minimum atomic E-state index is 0.148. The van der Waals surface area contributed by atoms with Crippen LogP contribution in [0, 0.1) is 0 Å². The lowest BCUT2D eigenvalue weighted by molar-refractivity contribution is 0.445. The molecule has 0 saturated heterocycles. The van der Waals surface area contributed by atoms with E-state index in [4.69, 9.17) is 5.73 Å². The third-order valence-electron chi connectivity index (χ3n) is 4.08. The molecule has 0 bridgehead atoms. The van der Waals surface area contributed by atoms with E-state index >= 15 is 0 Å². The van der Waals surface area contributed by atoms with Crippen LogP contribution in [0.2, 0.25) is 0 Å². The minimum absolute atomic E-state index is 0.148. The molecule has 0 aromatic heterocycles. The molecule has 3 atom stereocenters. The number of benzene rings is 2. The molecule has 3 N–H and O–H groups in total. The van der Waals surface area contributed by atoms with E-state index in [0.29, 0.717) is 6.04 Å². The first kappa shape index (κ1) is 13.8. The molecule has 3 rings (SSSR count). The Morgan fingerprint density at radius 1 is 1.10 bits per heavy atom. The van der Waals surface area contributed by atoms with Crippen molar-refractivity contribution in [2.24, 2.45) is 5.73 Å². The summed E-state index contributed by atoms with van der Waals surface area (Å²) in [6, 6.07) is 17.6. The standard InChI is InChI=1S/C17H19BrN2/c1-11(12-6-4-5-9-15(12)18)20-17-10-16(19)13-7-2-3-8-14(13)17/h2-9,11,16-17,20H,10,19H2,1H3/t11-,16?,17?/m1/s1. The molecule has 0 fully saturated rings. The van der Waals surface area contributed by atoms with Crippen molar-refractivity contribution in [3.8, 4) is 0 Å². The van der Waals surface area contributed by atoms with E-state index < -0.39 is 0 Å². The third-order valence-corrected chi connectivity index (χ3v) is 4.81. The van der Waals surface area contributed by atoms with Crippen LogP contribution in [-0.4, -0.2) is 0 Å². The molecule has 0 spiro atoms. The number of nitrogens with two attached hydrogens (primary N) is 1. The Morgan fingerprint density at radius 3 is 2.50 bits per heavy atom. The van der Waals surface area contributed by atoms with E-state index in [9.17, 15) is 0 Å². The summed E-state index contributed by atoms with van der Waals surface area (Å²) in [5, 5.41) is 3.71.